The maximum absolute atomic E-state index is 13.4. The Labute approximate surface area is 197 Å². The van der Waals surface area contributed by atoms with E-state index in [1.807, 2.05) is 6.92 Å². The van der Waals surface area contributed by atoms with Crippen molar-refractivity contribution in [1.29, 1.82) is 0 Å². The number of aromatic nitrogens is 4. The minimum absolute atomic E-state index is 0.0827. The lowest BCUT2D eigenvalue weighted by Crippen LogP contribution is -2.50. The van der Waals surface area contributed by atoms with Crippen LogP contribution in [0.15, 0.2) is 24.5 Å². The highest BCUT2D eigenvalue weighted by Gasteiger charge is 2.34. The first-order chi connectivity index (χ1) is 16.0. The third kappa shape index (κ3) is 6.07. The Morgan fingerprint density at radius 1 is 1.41 bits per heavy atom. The number of aliphatic hydroxyl groups is 1. The number of nitrogens with one attached hydrogen (secondary N) is 1. The fourth-order valence-electron chi connectivity index (χ4n) is 3.51. The lowest BCUT2D eigenvalue weighted by molar-refractivity contribution is -0.116. The number of benzene rings is 1. The average Bonchev–Trinajstić information content (AvgIpc) is 3.28. The number of ether oxygens (including phenoxy) is 1. The summed E-state index contributed by atoms with van der Waals surface area (Å²) >= 11 is 0. The van der Waals surface area contributed by atoms with E-state index in [1.165, 1.54) is 33.3 Å². The molecule has 14 heteroatoms. The number of hydrogen-bond donors (Lipinski definition) is 2. The lowest BCUT2D eigenvalue weighted by atomic mass is 9.99. The number of carbonyl (C=O) groups is 2. The van der Waals surface area contributed by atoms with E-state index in [4.69, 9.17) is 4.74 Å². The Hall–Kier alpha value is -3.10. The van der Waals surface area contributed by atoms with Gasteiger partial charge < -0.3 is 20.1 Å². The van der Waals surface area contributed by atoms with Crippen molar-refractivity contribution in [1.82, 2.24) is 29.4 Å². The molecule has 2 amide bonds. The highest BCUT2D eigenvalue weighted by Crippen LogP contribution is 2.30. The van der Waals surface area contributed by atoms with E-state index >= 15 is 0 Å². The predicted molar refractivity (Wildman–Crippen MR) is 122 cm³/mol. The number of sulfonamides is 1. The molecule has 3 atom stereocenters. The Morgan fingerprint density at radius 2 is 2.15 bits per heavy atom. The van der Waals surface area contributed by atoms with Crippen molar-refractivity contribution in [3.05, 3.63) is 30.1 Å². The van der Waals surface area contributed by atoms with Gasteiger partial charge in [-0.15, -0.1) is 5.10 Å². The number of amides is 2. The van der Waals surface area contributed by atoms with Gasteiger partial charge in [0.05, 0.1) is 31.0 Å². The fraction of sp³-hybridized carbons (Fsp3) is 0.550. The van der Waals surface area contributed by atoms with Crippen molar-refractivity contribution >= 4 is 27.5 Å². The number of fused-ring (bicyclic) bond motifs is 1. The molecule has 0 fully saturated rings. The molecule has 0 radical (unpaired) electrons. The molecule has 1 aromatic heterocycles. The molecule has 2 aromatic rings. The van der Waals surface area contributed by atoms with E-state index in [2.05, 4.69) is 20.8 Å². The highest BCUT2D eigenvalue weighted by molar-refractivity contribution is 7.88. The summed E-state index contributed by atoms with van der Waals surface area (Å²) in [5, 5.41) is 23.0. The summed E-state index contributed by atoms with van der Waals surface area (Å²) in [6.07, 6.45) is 1.86. The summed E-state index contributed by atoms with van der Waals surface area (Å²) in [4.78, 5) is 27.3. The van der Waals surface area contributed by atoms with E-state index in [0.29, 0.717) is 5.69 Å². The van der Waals surface area contributed by atoms with Crippen LogP contribution in [0.5, 0.6) is 5.75 Å². The first-order valence-electron chi connectivity index (χ1n) is 10.6. The van der Waals surface area contributed by atoms with E-state index in [-0.39, 0.29) is 49.4 Å². The molecule has 13 nitrogen and oxygen atoms in total. The van der Waals surface area contributed by atoms with Gasteiger partial charge in [0.1, 0.15) is 24.7 Å². The van der Waals surface area contributed by atoms with Crippen molar-refractivity contribution < 1.29 is 27.9 Å². The molecule has 3 rings (SSSR count). The van der Waals surface area contributed by atoms with E-state index in [1.54, 1.807) is 19.1 Å². The first kappa shape index (κ1) is 25.5. The minimum Gasteiger partial charge on any atom is -0.488 e. The number of likely N-dealkylation sites (N-methyl/N-ethyl adjacent to an activating group) is 1. The number of hydrogen-bond acceptors (Lipinski definition) is 9. The number of carbonyl (C=O) groups excluding carboxylic acids is 2. The molecule has 2 N–H and O–H groups in total. The van der Waals surface area contributed by atoms with Gasteiger partial charge in [0, 0.05) is 25.2 Å². The van der Waals surface area contributed by atoms with Crippen molar-refractivity contribution in [2.45, 2.75) is 32.5 Å². The molecular formula is C20H29N7O6S. The second-order valence-corrected chi connectivity index (χ2v) is 10.5. The van der Waals surface area contributed by atoms with Crippen LogP contribution in [-0.4, -0.2) is 99.9 Å². The minimum atomic E-state index is -3.44. The van der Waals surface area contributed by atoms with Gasteiger partial charge in [-0.1, -0.05) is 6.92 Å². The van der Waals surface area contributed by atoms with Gasteiger partial charge in [0.2, 0.25) is 15.9 Å². The lowest BCUT2D eigenvalue weighted by Gasteiger charge is -2.38. The monoisotopic (exact) mass is 495 g/mol. The van der Waals surface area contributed by atoms with Gasteiger partial charge in [-0.3, -0.25) is 9.59 Å². The predicted octanol–water partition coefficient (Wildman–Crippen LogP) is -0.577. The van der Waals surface area contributed by atoms with Gasteiger partial charge in [0.25, 0.3) is 5.91 Å². The molecule has 186 valence electrons. The largest absolute Gasteiger partial charge is 0.488 e. The summed E-state index contributed by atoms with van der Waals surface area (Å²) in [7, 11) is -1.98. The normalized spacial score (nSPS) is 19.7. The molecule has 0 bridgehead atoms. The van der Waals surface area contributed by atoms with Gasteiger partial charge in [-0.25, -0.2) is 17.4 Å². The van der Waals surface area contributed by atoms with Crippen LogP contribution < -0.4 is 10.1 Å². The molecule has 0 saturated carbocycles. The Morgan fingerprint density at radius 3 is 2.76 bits per heavy atom. The average molecular weight is 496 g/mol. The Kier molecular flexibility index (Phi) is 7.84. The summed E-state index contributed by atoms with van der Waals surface area (Å²) < 4.78 is 32.5. The standard InChI is InChI=1S/C20H29N7O6S/c1-13-8-27(14(2)11-28)20(30)16-7-15(22-19(29)10-26-12-21-23-24-26)5-6-17(16)33-18(13)9-25(3)34(4,31)32/h5-7,12-14,18,28H,8-11H2,1-4H3,(H,22,29)/t13-,14-,18+/m0/s1. The molecular weight excluding hydrogens is 466 g/mol. The van der Waals surface area contributed by atoms with Crippen molar-refractivity contribution in [3.8, 4) is 5.75 Å². The zero-order valence-electron chi connectivity index (χ0n) is 19.4. The summed E-state index contributed by atoms with van der Waals surface area (Å²) in [6, 6.07) is 4.17. The Bertz CT molecular complexity index is 1120. The van der Waals surface area contributed by atoms with Crippen molar-refractivity contribution in [2.75, 3.05) is 38.3 Å². The van der Waals surface area contributed by atoms with Crippen LogP contribution >= 0.6 is 0 Å². The third-order valence-electron chi connectivity index (χ3n) is 5.65. The van der Waals surface area contributed by atoms with Crippen molar-refractivity contribution in [2.24, 2.45) is 5.92 Å². The third-order valence-corrected chi connectivity index (χ3v) is 6.93. The quantitative estimate of drug-likeness (QED) is 0.488. The fourth-order valence-corrected chi connectivity index (χ4v) is 3.93. The molecule has 0 aliphatic carbocycles. The zero-order valence-corrected chi connectivity index (χ0v) is 20.3. The smallest absolute Gasteiger partial charge is 0.258 e. The van der Waals surface area contributed by atoms with Crippen LogP contribution in [0.2, 0.25) is 0 Å². The van der Waals surface area contributed by atoms with Crippen LogP contribution in [0, 0.1) is 5.92 Å². The highest BCUT2D eigenvalue weighted by atomic mass is 32.2. The molecule has 1 aromatic carbocycles. The van der Waals surface area contributed by atoms with Gasteiger partial charge in [-0.2, -0.15) is 0 Å². The van der Waals surface area contributed by atoms with E-state index in [0.717, 1.165) is 6.26 Å². The molecule has 0 spiro atoms. The van der Waals surface area contributed by atoms with Crippen LogP contribution in [0.3, 0.4) is 0 Å². The van der Waals surface area contributed by atoms with Crippen LogP contribution in [0.25, 0.3) is 0 Å². The first-order valence-corrected chi connectivity index (χ1v) is 12.5. The molecule has 0 unspecified atom stereocenters. The van der Waals surface area contributed by atoms with Crippen LogP contribution in [-0.2, 0) is 21.4 Å². The summed E-state index contributed by atoms with van der Waals surface area (Å²) in [6.45, 7) is 3.56. The zero-order chi connectivity index (χ0) is 25.0. The second kappa shape index (κ2) is 10.4. The summed E-state index contributed by atoms with van der Waals surface area (Å²) in [5.74, 6) is -0.730. The van der Waals surface area contributed by atoms with Crippen LogP contribution in [0.4, 0.5) is 5.69 Å². The molecule has 2 heterocycles. The van der Waals surface area contributed by atoms with Gasteiger partial charge in [-0.05, 0) is 35.5 Å². The van der Waals surface area contributed by atoms with Gasteiger partial charge >= 0.3 is 0 Å². The maximum atomic E-state index is 13.4. The Balaban J connectivity index is 1.92. The molecule has 0 saturated heterocycles. The molecule has 1 aliphatic rings. The van der Waals surface area contributed by atoms with Gasteiger partial charge in [0.15, 0.2) is 0 Å². The number of tetrazole rings is 1. The molecule has 34 heavy (non-hydrogen) atoms. The maximum Gasteiger partial charge on any atom is 0.258 e. The van der Waals surface area contributed by atoms with E-state index in [9.17, 15) is 23.1 Å². The van der Waals surface area contributed by atoms with E-state index < -0.39 is 28.1 Å². The SMILES string of the molecule is C[C@H]1CN([C@@H](C)CO)C(=O)c2cc(NC(=O)Cn3cnnn3)ccc2O[C@@H]1CN(C)S(C)(=O)=O. The summed E-state index contributed by atoms with van der Waals surface area (Å²) in [5.41, 5.74) is 0.559. The number of aliphatic hydroxyl groups excluding tert-OH is 1. The number of anilines is 1. The topological polar surface area (TPSA) is 160 Å². The number of nitrogens with zero attached hydrogens (tertiary/aromatic N) is 6. The van der Waals surface area contributed by atoms with Crippen molar-refractivity contribution in [3.63, 3.8) is 0 Å². The number of rotatable bonds is 8. The second-order valence-electron chi connectivity index (χ2n) is 8.43. The van der Waals surface area contributed by atoms with Crippen LogP contribution in [0.1, 0.15) is 24.2 Å². The molecule has 1 aliphatic heterocycles.